The van der Waals surface area contributed by atoms with E-state index >= 15 is 0 Å². The molecule has 1 N–H and O–H groups in total. The van der Waals surface area contributed by atoms with Gasteiger partial charge in [0.25, 0.3) is 5.69 Å². The van der Waals surface area contributed by atoms with E-state index in [9.17, 15) is 10.1 Å². The third-order valence-corrected chi connectivity index (χ3v) is 3.90. The molecule has 3 heterocycles. The average molecular weight is 305 g/mol. The lowest BCUT2D eigenvalue weighted by molar-refractivity contribution is -0.385. The molecule has 0 aliphatic heterocycles. The summed E-state index contributed by atoms with van der Waals surface area (Å²) in [5.74, 6) is 0.510. The van der Waals surface area contributed by atoms with Gasteiger partial charge < -0.3 is 5.32 Å². The van der Waals surface area contributed by atoms with Crippen molar-refractivity contribution in [2.45, 2.75) is 0 Å². The van der Waals surface area contributed by atoms with E-state index in [2.05, 4.69) is 20.3 Å². The lowest BCUT2D eigenvalue weighted by Crippen LogP contribution is -1.94. The largest absolute Gasteiger partial charge is 0.316 e. The number of anilines is 2. The zero-order valence-corrected chi connectivity index (χ0v) is 11.5. The average Bonchev–Trinajstić information content (AvgIpc) is 3.09. The topological polar surface area (TPSA) is 93.8 Å². The number of hydrogen-bond acceptors (Lipinski definition) is 8. The van der Waals surface area contributed by atoms with Gasteiger partial charge in [0, 0.05) is 23.0 Å². The van der Waals surface area contributed by atoms with Crippen molar-refractivity contribution in [3.05, 3.63) is 45.4 Å². The van der Waals surface area contributed by atoms with Crippen molar-refractivity contribution in [1.29, 1.82) is 0 Å². The monoisotopic (exact) mass is 305 g/mol. The van der Waals surface area contributed by atoms with Crippen molar-refractivity contribution in [3.63, 3.8) is 0 Å². The first kappa shape index (κ1) is 12.6. The van der Waals surface area contributed by atoms with Crippen LogP contribution < -0.4 is 5.32 Å². The number of nitrogens with one attached hydrogen (secondary N) is 1. The van der Waals surface area contributed by atoms with Crippen LogP contribution in [-0.2, 0) is 0 Å². The number of nitro groups is 1. The summed E-state index contributed by atoms with van der Waals surface area (Å²) in [6.07, 6.45) is 2.93. The van der Waals surface area contributed by atoms with Crippen molar-refractivity contribution in [3.8, 4) is 10.7 Å². The Morgan fingerprint density at radius 3 is 2.80 bits per heavy atom. The molecule has 20 heavy (non-hydrogen) atoms. The first-order valence-corrected chi connectivity index (χ1v) is 7.21. The SMILES string of the molecule is O=[N+]([O-])c1ccc(Nc2nc(-c3nccs3)cs2)nc1. The van der Waals surface area contributed by atoms with Crippen LogP contribution >= 0.6 is 22.7 Å². The van der Waals surface area contributed by atoms with Crippen molar-refractivity contribution in [2.24, 2.45) is 0 Å². The van der Waals surface area contributed by atoms with Crippen LogP contribution in [0.25, 0.3) is 10.7 Å². The van der Waals surface area contributed by atoms with E-state index in [0.29, 0.717) is 10.9 Å². The molecule has 100 valence electrons. The Morgan fingerprint density at radius 2 is 2.15 bits per heavy atom. The number of rotatable bonds is 4. The minimum Gasteiger partial charge on any atom is -0.316 e. The van der Waals surface area contributed by atoms with Crippen LogP contribution in [0.1, 0.15) is 0 Å². The molecule has 0 aliphatic rings. The van der Waals surface area contributed by atoms with Gasteiger partial charge in [0.1, 0.15) is 22.7 Å². The molecule has 0 aromatic carbocycles. The molecule has 0 saturated heterocycles. The Bertz CT molecular complexity index is 724. The van der Waals surface area contributed by atoms with Crippen LogP contribution in [0.4, 0.5) is 16.6 Å². The molecule has 3 aromatic rings. The summed E-state index contributed by atoms with van der Waals surface area (Å²) in [5, 5.41) is 18.8. The first-order valence-electron chi connectivity index (χ1n) is 5.45. The van der Waals surface area contributed by atoms with Gasteiger partial charge in [-0.1, -0.05) is 0 Å². The maximum atomic E-state index is 10.5. The van der Waals surface area contributed by atoms with Gasteiger partial charge in [-0.25, -0.2) is 15.0 Å². The molecule has 0 aliphatic carbocycles. The number of thiazole rings is 2. The summed E-state index contributed by atoms with van der Waals surface area (Å²) in [6.45, 7) is 0. The predicted octanol–water partition coefficient (Wildman–Crippen LogP) is 3.31. The number of aromatic nitrogens is 3. The highest BCUT2D eigenvalue weighted by molar-refractivity contribution is 7.15. The second-order valence-electron chi connectivity index (χ2n) is 3.66. The van der Waals surface area contributed by atoms with E-state index in [1.807, 2.05) is 10.8 Å². The van der Waals surface area contributed by atoms with E-state index in [4.69, 9.17) is 0 Å². The molecule has 0 amide bonds. The van der Waals surface area contributed by atoms with Crippen LogP contribution in [0.3, 0.4) is 0 Å². The molecule has 0 saturated carbocycles. The van der Waals surface area contributed by atoms with Gasteiger partial charge in [-0.2, -0.15) is 0 Å². The highest BCUT2D eigenvalue weighted by Crippen LogP contribution is 2.27. The molecule has 0 atom stereocenters. The van der Waals surface area contributed by atoms with Gasteiger partial charge in [-0.05, 0) is 6.07 Å². The zero-order valence-electron chi connectivity index (χ0n) is 9.89. The smallest absolute Gasteiger partial charge is 0.287 e. The highest BCUT2D eigenvalue weighted by atomic mass is 32.1. The zero-order chi connectivity index (χ0) is 13.9. The Labute approximate surface area is 121 Å². The molecule has 3 aromatic heterocycles. The summed E-state index contributed by atoms with van der Waals surface area (Å²) in [5.41, 5.74) is 0.757. The predicted molar refractivity (Wildman–Crippen MR) is 77.4 cm³/mol. The van der Waals surface area contributed by atoms with Crippen LogP contribution in [0.5, 0.6) is 0 Å². The third kappa shape index (κ3) is 2.63. The molecule has 3 rings (SSSR count). The van der Waals surface area contributed by atoms with Crippen LogP contribution in [0.2, 0.25) is 0 Å². The normalized spacial score (nSPS) is 10.4. The van der Waals surface area contributed by atoms with Gasteiger partial charge >= 0.3 is 0 Å². The van der Waals surface area contributed by atoms with Gasteiger partial charge in [-0.15, -0.1) is 22.7 Å². The van der Waals surface area contributed by atoms with E-state index in [0.717, 1.165) is 10.7 Å². The lowest BCUT2D eigenvalue weighted by atomic mass is 10.4. The number of pyridine rings is 1. The standard InChI is InChI=1S/C11H7N5O2S2/c17-16(18)7-1-2-9(13-5-7)15-11-14-8(6-20-11)10-12-3-4-19-10/h1-6H,(H,13,14,15). The van der Waals surface area contributed by atoms with E-state index in [1.165, 1.54) is 34.9 Å². The quantitative estimate of drug-likeness (QED) is 0.587. The lowest BCUT2D eigenvalue weighted by Gasteiger charge is -2.00. The van der Waals surface area contributed by atoms with Crippen molar-refractivity contribution >= 4 is 39.3 Å². The molecule has 9 heteroatoms. The Kier molecular flexibility index (Phi) is 3.35. The van der Waals surface area contributed by atoms with Gasteiger partial charge in [0.2, 0.25) is 0 Å². The second-order valence-corrected chi connectivity index (χ2v) is 5.41. The fourth-order valence-electron chi connectivity index (χ4n) is 1.46. The molecule has 0 unspecified atom stereocenters. The summed E-state index contributed by atoms with van der Waals surface area (Å²) in [6, 6.07) is 2.94. The Hall–Kier alpha value is -2.39. The summed E-state index contributed by atoms with van der Waals surface area (Å²) < 4.78 is 0. The van der Waals surface area contributed by atoms with Crippen molar-refractivity contribution < 1.29 is 4.92 Å². The fraction of sp³-hybridized carbons (Fsp3) is 0. The maximum Gasteiger partial charge on any atom is 0.287 e. The van der Waals surface area contributed by atoms with Crippen LogP contribution in [0, 0.1) is 10.1 Å². The fourth-order valence-corrected chi connectivity index (χ4v) is 2.83. The summed E-state index contributed by atoms with van der Waals surface area (Å²) >= 11 is 2.94. The molecule has 0 radical (unpaired) electrons. The molecule has 0 spiro atoms. The minimum absolute atomic E-state index is 0.0434. The highest BCUT2D eigenvalue weighted by Gasteiger charge is 2.09. The van der Waals surface area contributed by atoms with Crippen LogP contribution in [-0.4, -0.2) is 19.9 Å². The third-order valence-electron chi connectivity index (χ3n) is 2.35. The number of hydrogen-bond donors (Lipinski definition) is 1. The second kappa shape index (κ2) is 5.31. The van der Waals surface area contributed by atoms with Crippen molar-refractivity contribution in [1.82, 2.24) is 15.0 Å². The summed E-state index contributed by atoms with van der Waals surface area (Å²) in [7, 11) is 0. The molecule has 0 bridgehead atoms. The minimum atomic E-state index is -0.485. The van der Waals surface area contributed by atoms with E-state index < -0.39 is 4.92 Å². The van der Waals surface area contributed by atoms with Crippen molar-refractivity contribution in [2.75, 3.05) is 5.32 Å². The maximum absolute atomic E-state index is 10.5. The molecular weight excluding hydrogens is 298 g/mol. The van der Waals surface area contributed by atoms with E-state index in [1.54, 1.807) is 12.3 Å². The van der Waals surface area contributed by atoms with Crippen LogP contribution in [0.15, 0.2) is 35.3 Å². The van der Waals surface area contributed by atoms with E-state index in [-0.39, 0.29) is 5.69 Å². The number of nitrogens with zero attached hydrogens (tertiary/aromatic N) is 4. The summed E-state index contributed by atoms with van der Waals surface area (Å²) in [4.78, 5) is 22.6. The first-order chi connectivity index (χ1) is 9.72. The molecule has 0 fully saturated rings. The molecule has 7 nitrogen and oxygen atoms in total. The Morgan fingerprint density at radius 1 is 1.25 bits per heavy atom. The van der Waals surface area contributed by atoms with Gasteiger partial charge in [0.15, 0.2) is 5.13 Å². The Balaban J connectivity index is 1.76. The van der Waals surface area contributed by atoms with Gasteiger partial charge in [0.05, 0.1) is 4.92 Å². The van der Waals surface area contributed by atoms with Gasteiger partial charge in [-0.3, -0.25) is 10.1 Å². The molecular formula is C11H7N5O2S2.